The Kier molecular flexibility index (Phi) is 2.47. The highest BCUT2D eigenvalue weighted by Crippen LogP contribution is 2.32. The van der Waals surface area contributed by atoms with Crippen molar-refractivity contribution in [1.29, 1.82) is 0 Å². The molecule has 0 saturated carbocycles. The van der Waals surface area contributed by atoms with Crippen molar-refractivity contribution in [3.8, 4) is 5.75 Å². The van der Waals surface area contributed by atoms with Crippen molar-refractivity contribution in [2.45, 2.75) is 12.3 Å². The summed E-state index contributed by atoms with van der Waals surface area (Å²) in [4.78, 5) is 4.68. The van der Waals surface area contributed by atoms with Gasteiger partial charge in [-0.15, -0.1) is 0 Å². The van der Waals surface area contributed by atoms with Gasteiger partial charge in [-0.25, -0.2) is 5.90 Å². The lowest BCUT2D eigenvalue weighted by Crippen LogP contribution is -2.19. The Morgan fingerprint density at radius 3 is 3.15 bits per heavy atom. The Morgan fingerprint density at radius 1 is 1.46 bits per heavy atom. The van der Waals surface area contributed by atoms with Gasteiger partial charge in [-0.3, -0.25) is 0 Å². The van der Waals surface area contributed by atoms with Crippen LogP contribution in [0.1, 0.15) is 17.9 Å². The summed E-state index contributed by atoms with van der Waals surface area (Å²) in [5.41, 5.74) is 1.21. The van der Waals surface area contributed by atoms with Gasteiger partial charge in [0, 0.05) is 5.92 Å². The van der Waals surface area contributed by atoms with E-state index in [1.165, 1.54) is 5.56 Å². The van der Waals surface area contributed by atoms with Gasteiger partial charge in [0.15, 0.2) is 0 Å². The monoisotopic (exact) mass is 179 g/mol. The highest BCUT2D eigenvalue weighted by molar-refractivity contribution is 5.37. The molecule has 0 amide bonds. The van der Waals surface area contributed by atoms with Crippen LogP contribution in [-0.2, 0) is 4.84 Å². The second kappa shape index (κ2) is 3.77. The summed E-state index contributed by atoms with van der Waals surface area (Å²) in [6.07, 6.45) is 0.980. The van der Waals surface area contributed by atoms with Crippen molar-refractivity contribution < 1.29 is 9.57 Å². The molecule has 3 heteroatoms. The molecule has 1 atom stereocenters. The molecule has 13 heavy (non-hydrogen) atoms. The van der Waals surface area contributed by atoms with Crippen molar-refractivity contribution >= 4 is 0 Å². The van der Waals surface area contributed by atoms with E-state index in [0.717, 1.165) is 18.8 Å². The first-order valence-corrected chi connectivity index (χ1v) is 4.45. The SMILES string of the molecule is NOCC1CCOc2ccccc21. The van der Waals surface area contributed by atoms with Crippen molar-refractivity contribution in [1.82, 2.24) is 0 Å². The standard InChI is InChI=1S/C10H13NO2/c11-13-7-8-5-6-12-10-4-2-1-3-9(8)10/h1-4,8H,5-7,11H2. The Labute approximate surface area is 77.4 Å². The number of para-hydroxylation sites is 1. The van der Waals surface area contributed by atoms with E-state index in [1.54, 1.807) is 0 Å². The quantitative estimate of drug-likeness (QED) is 0.699. The van der Waals surface area contributed by atoms with Gasteiger partial charge in [-0.05, 0) is 18.1 Å². The van der Waals surface area contributed by atoms with Crippen LogP contribution >= 0.6 is 0 Å². The van der Waals surface area contributed by atoms with Gasteiger partial charge in [0.1, 0.15) is 5.75 Å². The van der Waals surface area contributed by atoms with E-state index < -0.39 is 0 Å². The lowest BCUT2D eigenvalue weighted by atomic mass is 9.94. The molecule has 1 unspecified atom stereocenters. The molecule has 2 rings (SSSR count). The second-order valence-electron chi connectivity index (χ2n) is 3.21. The molecule has 1 aromatic carbocycles. The highest BCUT2D eigenvalue weighted by atomic mass is 16.6. The largest absolute Gasteiger partial charge is 0.493 e. The van der Waals surface area contributed by atoms with E-state index in [4.69, 9.17) is 10.6 Å². The van der Waals surface area contributed by atoms with E-state index in [2.05, 4.69) is 10.9 Å². The normalized spacial score (nSPS) is 20.5. The first kappa shape index (κ1) is 8.53. The van der Waals surface area contributed by atoms with Crippen LogP contribution in [0.15, 0.2) is 24.3 Å². The maximum atomic E-state index is 5.50. The Balaban J connectivity index is 2.26. The number of benzene rings is 1. The highest BCUT2D eigenvalue weighted by Gasteiger charge is 2.20. The van der Waals surface area contributed by atoms with Gasteiger partial charge in [-0.2, -0.15) is 0 Å². The van der Waals surface area contributed by atoms with Crippen LogP contribution < -0.4 is 10.6 Å². The smallest absolute Gasteiger partial charge is 0.122 e. The van der Waals surface area contributed by atoms with Crippen LogP contribution in [0.25, 0.3) is 0 Å². The number of rotatable bonds is 2. The number of nitrogens with two attached hydrogens (primary N) is 1. The summed E-state index contributed by atoms with van der Waals surface area (Å²) in [6.45, 7) is 1.32. The molecule has 0 bridgehead atoms. The van der Waals surface area contributed by atoms with Gasteiger partial charge >= 0.3 is 0 Å². The fourth-order valence-corrected chi connectivity index (χ4v) is 1.71. The van der Waals surface area contributed by atoms with Gasteiger partial charge in [0.25, 0.3) is 0 Å². The van der Waals surface area contributed by atoms with Crippen LogP contribution in [-0.4, -0.2) is 13.2 Å². The first-order valence-electron chi connectivity index (χ1n) is 4.45. The Bertz CT molecular complexity index is 288. The lowest BCUT2D eigenvalue weighted by molar-refractivity contribution is 0.108. The maximum Gasteiger partial charge on any atom is 0.122 e. The number of hydrogen-bond donors (Lipinski definition) is 1. The number of ether oxygens (including phenoxy) is 1. The van der Waals surface area contributed by atoms with Crippen LogP contribution in [0.5, 0.6) is 5.75 Å². The molecule has 0 aliphatic carbocycles. The molecule has 2 N–H and O–H groups in total. The minimum absolute atomic E-state index is 0.384. The van der Waals surface area contributed by atoms with Crippen molar-refractivity contribution in [3.05, 3.63) is 29.8 Å². The maximum absolute atomic E-state index is 5.50. The second-order valence-corrected chi connectivity index (χ2v) is 3.21. The summed E-state index contributed by atoms with van der Waals surface area (Å²) >= 11 is 0. The molecular weight excluding hydrogens is 166 g/mol. The molecule has 1 aromatic rings. The van der Waals surface area contributed by atoms with Crippen LogP contribution in [0.4, 0.5) is 0 Å². The minimum Gasteiger partial charge on any atom is -0.493 e. The topological polar surface area (TPSA) is 44.5 Å². The molecule has 70 valence electrons. The van der Waals surface area contributed by atoms with Crippen LogP contribution in [0.2, 0.25) is 0 Å². The first-order chi connectivity index (χ1) is 6.42. The predicted octanol–water partition coefficient (Wildman–Crippen LogP) is 1.44. The van der Waals surface area contributed by atoms with E-state index in [-0.39, 0.29) is 0 Å². The van der Waals surface area contributed by atoms with Gasteiger partial charge < -0.3 is 9.57 Å². The van der Waals surface area contributed by atoms with Crippen molar-refractivity contribution in [3.63, 3.8) is 0 Å². The molecule has 1 aliphatic rings. The van der Waals surface area contributed by atoms with Gasteiger partial charge in [-0.1, -0.05) is 18.2 Å². The molecule has 0 aromatic heterocycles. The van der Waals surface area contributed by atoms with E-state index >= 15 is 0 Å². The average molecular weight is 179 g/mol. The zero-order valence-electron chi connectivity index (χ0n) is 7.40. The van der Waals surface area contributed by atoms with Crippen molar-refractivity contribution in [2.24, 2.45) is 5.90 Å². The van der Waals surface area contributed by atoms with E-state index in [0.29, 0.717) is 12.5 Å². The third kappa shape index (κ3) is 1.66. The van der Waals surface area contributed by atoms with Crippen LogP contribution in [0.3, 0.4) is 0 Å². The Morgan fingerprint density at radius 2 is 2.31 bits per heavy atom. The summed E-state index contributed by atoms with van der Waals surface area (Å²) in [5.74, 6) is 6.43. The van der Waals surface area contributed by atoms with Gasteiger partial charge in [0.2, 0.25) is 0 Å². The van der Waals surface area contributed by atoms with E-state index in [1.807, 2.05) is 18.2 Å². The third-order valence-electron chi connectivity index (χ3n) is 2.38. The fourth-order valence-electron chi connectivity index (χ4n) is 1.71. The zero-order valence-corrected chi connectivity index (χ0v) is 7.40. The van der Waals surface area contributed by atoms with E-state index in [9.17, 15) is 0 Å². The number of hydrogen-bond acceptors (Lipinski definition) is 3. The van der Waals surface area contributed by atoms with Crippen molar-refractivity contribution in [2.75, 3.05) is 13.2 Å². The molecule has 3 nitrogen and oxygen atoms in total. The van der Waals surface area contributed by atoms with Crippen LogP contribution in [0, 0.1) is 0 Å². The molecule has 0 radical (unpaired) electrons. The summed E-state index contributed by atoms with van der Waals surface area (Å²) in [6, 6.07) is 8.04. The molecular formula is C10H13NO2. The third-order valence-corrected chi connectivity index (χ3v) is 2.38. The Hall–Kier alpha value is -1.06. The summed E-state index contributed by atoms with van der Waals surface area (Å²) in [5, 5.41) is 0. The summed E-state index contributed by atoms with van der Waals surface area (Å²) in [7, 11) is 0. The molecule has 0 fully saturated rings. The molecule has 0 spiro atoms. The molecule has 1 heterocycles. The lowest BCUT2D eigenvalue weighted by Gasteiger charge is -2.24. The number of fused-ring (bicyclic) bond motifs is 1. The molecule has 1 aliphatic heterocycles. The van der Waals surface area contributed by atoms with Gasteiger partial charge in [0.05, 0.1) is 13.2 Å². The predicted molar refractivity (Wildman–Crippen MR) is 49.4 cm³/mol. The molecule has 0 saturated heterocycles. The summed E-state index contributed by atoms with van der Waals surface area (Å²) < 4.78 is 5.50. The average Bonchev–Trinajstić information content (AvgIpc) is 2.19. The zero-order chi connectivity index (χ0) is 9.10. The fraction of sp³-hybridized carbons (Fsp3) is 0.400. The minimum atomic E-state index is 0.384.